The first-order valence-corrected chi connectivity index (χ1v) is 8.07. The molecular weight excluding hydrogens is 251 g/mol. The smallest absolute Gasteiger partial charge is 0.146 e. The van der Waals surface area contributed by atoms with Crippen LogP contribution in [0.4, 0.5) is 10.1 Å². The molecule has 3 heteroatoms. The molecule has 1 aromatic carbocycles. The summed E-state index contributed by atoms with van der Waals surface area (Å²) in [6.45, 7) is 2.97. The highest BCUT2D eigenvalue weighted by Crippen LogP contribution is 2.29. The van der Waals surface area contributed by atoms with Gasteiger partial charge >= 0.3 is 0 Å². The minimum absolute atomic E-state index is 0.0863. The first-order valence-electron chi connectivity index (χ1n) is 8.07. The summed E-state index contributed by atoms with van der Waals surface area (Å²) < 4.78 is 14.0. The molecule has 0 amide bonds. The molecule has 0 bridgehead atoms. The van der Waals surface area contributed by atoms with E-state index in [1.165, 1.54) is 32.1 Å². The van der Waals surface area contributed by atoms with E-state index in [4.69, 9.17) is 0 Å². The van der Waals surface area contributed by atoms with Gasteiger partial charge in [-0.25, -0.2) is 4.39 Å². The number of hydrogen-bond donors (Lipinski definition) is 1. The van der Waals surface area contributed by atoms with Gasteiger partial charge in [-0.3, -0.25) is 0 Å². The first kappa shape index (κ1) is 13.9. The molecule has 20 heavy (non-hydrogen) atoms. The molecule has 2 aliphatic rings. The standard InChI is InChI=1S/C17H25FN2/c18-15-9-4-5-10-17(15)20-12-6-11-19-16(13-20)14-7-2-1-3-8-14/h4-5,9-10,14,16,19H,1-3,6-8,11-13H2. The Morgan fingerprint density at radius 1 is 1.05 bits per heavy atom. The van der Waals surface area contributed by atoms with E-state index in [9.17, 15) is 4.39 Å². The van der Waals surface area contributed by atoms with E-state index in [1.54, 1.807) is 12.1 Å². The Morgan fingerprint density at radius 3 is 2.65 bits per heavy atom. The van der Waals surface area contributed by atoms with Crippen molar-refractivity contribution in [2.45, 2.75) is 44.6 Å². The molecule has 110 valence electrons. The Morgan fingerprint density at radius 2 is 1.85 bits per heavy atom. The van der Waals surface area contributed by atoms with Gasteiger partial charge in [0.2, 0.25) is 0 Å². The molecule has 1 heterocycles. The number of para-hydroxylation sites is 1. The highest BCUT2D eigenvalue weighted by molar-refractivity contribution is 5.48. The molecule has 1 saturated carbocycles. The van der Waals surface area contributed by atoms with Gasteiger partial charge in [0.15, 0.2) is 0 Å². The predicted molar refractivity (Wildman–Crippen MR) is 81.6 cm³/mol. The van der Waals surface area contributed by atoms with Crippen molar-refractivity contribution in [1.29, 1.82) is 0 Å². The van der Waals surface area contributed by atoms with Crippen molar-refractivity contribution < 1.29 is 4.39 Å². The van der Waals surface area contributed by atoms with Gasteiger partial charge in [-0.05, 0) is 43.9 Å². The summed E-state index contributed by atoms with van der Waals surface area (Å²) in [7, 11) is 0. The van der Waals surface area contributed by atoms with Crippen LogP contribution in [0.1, 0.15) is 38.5 Å². The minimum Gasteiger partial charge on any atom is -0.368 e. The zero-order chi connectivity index (χ0) is 13.8. The predicted octanol–water partition coefficient (Wildman–Crippen LogP) is 3.57. The Kier molecular flexibility index (Phi) is 4.56. The SMILES string of the molecule is Fc1ccccc1N1CCCNC(C2CCCCC2)C1. The largest absolute Gasteiger partial charge is 0.368 e. The summed E-state index contributed by atoms with van der Waals surface area (Å²) in [6.07, 6.45) is 7.88. The molecule has 3 rings (SSSR count). The summed E-state index contributed by atoms with van der Waals surface area (Å²) in [4.78, 5) is 2.24. The number of nitrogens with zero attached hydrogens (tertiary/aromatic N) is 1. The average Bonchev–Trinajstić information content (AvgIpc) is 2.75. The van der Waals surface area contributed by atoms with Crippen molar-refractivity contribution in [2.24, 2.45) is 5.92 Å². The Bertz CT molecular complexity index is 429. The van der Waals surface area contributed by atoms with E-state index in [0.717, 1.165) is 37.7 Å². The van der Waals surface area contributed by atoms with E-state index in [0.29, 0.717) is 6.04 Å². The lowest BCUT2D eigenvalue weighted by Gasteiger charge is -2.33. The van der Waals surface area contributed by atoms with Crippen molar-refractivity contribution in [2.75, 3.05) is 24.5 Å². The number of nitrogens with one attached hydrogen (secondary N) is 1. The minimum atomic E-state index is -0.0863. The zero-order valence-corrected chi connectivity index (χ0v) is 12.2. The topological polar surface area (TPSA) is 15.3 Å². The van der Waals surface area contributed by atoms with Crippen LogP contribution in [0.3, 0.4) is 0 Å². The van der Waals surface area contributed by atoms with Gasteiger partial charge in [-0.2, -0.15) is 0 Å². The monoisotopic (exact) mass is 276 g/mol. The van der Waals surface area contributed by atoms with Crippen LogP contribution in [0.2, 0.25) is 0 Å². The van der Waals surface area contributed by atoms with Gasteiger partial charge < -0.3 is 10.2 Å². The van der Waals surface area contributed by atoms with Crippen molar-refractivity contribution in [3.63, 3.8) is 0 Å². The van der Waals surface area contributed by atoms with Crippen LogP contribution in [-0.4, -0.2) is 25.7 Å². The molecule has 2 nitrogen and oxygen atoms in total. The van der Waals surface area contributed by atoms with Crippen molar-refractivity contribution >= 4 is 5.69 Å². The molecule has 2 fully saturated rings. The highest BCUT2D eigenvalue weighted by Gasteiger charge is 2.27. The summed E-state index contributed by atoms with van der Waals surface area (Å²) in [5.41, 5.74) is 0.775. The second-order valence-electron chi connectivity index (χ2n) is 6.21. The third-order valence-electron chi connectivity index (χ3n) is 4.84. The normalized spacial score (nSPS) is 25.4. The maximum absolute atomic E-state index is 14.0. The van der Waals surface area contributed by atoms with E-state index in [1.807, 2.05) is 12.1 Å². The van der Waals surface area contributed by atoms with Gasteiger partial charge in [-0.1, -0.05) is 31.4 Å². The lowest BCUT2D eigenvalue weighted by molar-refractivity contribution is 0.277. The lowest BCUT2D eigenvalue weighted by Crippen LogP contribution is -2.44. The van der Waals surface area contributed by atoms with E-state index < -0.39 is 0 Å². The molecule has 1 unspecified atom stereocenters. The van der Waals surface area contributed by atoms with Crippen molar-refractivity contribution in [3.8, 4) is 0 Å². The fourth-order valence-corrected chi connectivity index (χ4v) is 3.73. The average molecular weight is 276 g/mol. The molecule has 1 aliphatic carbocycles. The number of anilines is 1. The molecule has 1 atom stereocenters. The van der Waals surface area contributed by atoms with E-state index in [-0.39, 0.29) is 5.82 Å². The number of hydrogen-bond acceptors (Lipinski definition) is 2. The molecular formula is C17H25FN2. The van der Waals surface area contributed by atoms with Crippen LogP contribution in [0.25, 0.3) is 0 Å². The van der Waals surface area contributed by atoms with Crippen LogP contribution in [-0.2, 0) is 0 Å². The second kappa shape index (κ2) is 6.57. The Balaban J connectivity index is 1.73. The van der Waals surface area contributed by atoms with E-state index >= 15 is 0 Å². The fraction of sp³-hybridized carbons (Fsp3) is 0.647. The molecule has 1 aromatic rings. The lowest BCUT2D eigenvalue weighted by atomic mass is 9.83. The molecule has 1 N–H and O–H groups in total. The van der Waals surface area contributed by atoms with Crippen LogP contribution >= 0.6 is 0 Å². The van der Waals surface area contributed by atoms with Crippen LogP contribution in [0.15, 0.2) is 24.3 Å². The van der Waals surface area contributed by atoms with Crippen LogP contribution < -0.4 is 10.2 Å². The van der Waals surface area contributed by atoms with Gasteiger partial charge in [0.05, 0.1) is 5.69 Å². The van der Waals surface area contributed by atoms with Crippen molar-refractivity contribution in [1.82, 2.24) is 5.32 Å². The first-order chi connectivity index (χ1) is 9.84. The summed E-state index contributed by atoms with van der Waals surface area (Å²) in [5.74, 6) is 0.688. The fourth-order valence-electron chi connectivity index (χ4n) is 3.73. The third-order valence-corrected chi connectivity index (χ3v) is 4.84. The number of halogens is 1. The van der Waals surface area contributed by atoms with Gasteiger partial charge in [0.1, 0.15) is 5.82 Å². The van der Waals surface area contributed by atoms with Gasteiger partial charge in [-0.15, -0.1) is 0 Å². The van der Waals surface area contributed by atoms with Crippen LogP contribution in [0.5, 0.6) is 0 Å². The molecule has 0 radical (unpaired) electrons. The maximum atomic E-state index is 14.0. The maximum Gasteiger partial charge on any atom is 0.146 e. The second-order valence-corrected chi connectivity index (χ2v) is 6.21. The molecule has 0 aromatic heterocycles. The summed E-state index contributed by atoms with van der Waals surface area (Å²) in [6, 6.07) is 7.72. The molecule has 1 aliphatic heterocycles. The summed E-state index contributed by atoms with van der Waals surface area (Å²) >= 11 is 0. The Labute approximate surface area is 121 Å². The number of benzene rings is 1. The zero-order valence-electron chi connectivity index (χ0n) is 12.2. The summed E-state index contributed by atoms with van der Waals surface area (Å²) in [5, 5.41) is 3.71. The quantitative estimate of drug-likeness (QED) is 0.888. The van der Waals surface area contributed by atoms with Crippen molar-refractivity contribution in [3.05, 3.63) is 30.1 Å². The Hall–Kier alpha value is -1.09. The van der Waals surface area contributed by atoms with Gasteiger partial charge in [0.25, 0.3) is 0 Å². The van der Waals surface area contributed by atoms with E-state index in [2.05, 4.69) is 10.2 Å². The third kappa shape index (κ3) is 3.14. The molecule has 1 saturated heterocycles. The highest BCUT2D eigenvalue weighted by atomic mass is 19.1. The van der Waals surface area contributed by atoms with Gasteiger partial charge in [0, 0.05) is 19.1 Å². The van der Waals surface area contributed by atoms with Crippen LogP contribution in [0, 0.1) is 11.7 Å². The molecule has 0 spiro atoms. The number of rotatable bonds is 2.